The molecule has 0 radical (unpaired) electrons. The maximum Gasteiger partial charge on any atom is 0.271 e. The Bertz CT molecular complexity index is 682. The standard InChI is InChI=1S/C18H22N4O2/c1-24-16-7-3-2-6-14(16)10-11-19-18(23)15-8-9-17(21-20-15)22-12-4-5-13-22/h2-3,6-9H,4-5,10-13H2,1H3,(H,19,23). The van der Waals surface area contributed by atoms with Crippen molar-refractivity contribution in [3.8, 4) is 5.75 Å². The number of ether oxygens (including phenoxy) is 1. The van der Waals surface area contributed by atoms with Gasteiger partial charge in [-0.25, -0.2) is 0 Å². The van der Waals surface area contributed by atoms with Gasteiger partial charge in [0, 0.05) is 19.6 Å². The Morgan fingerprint density at radius 2 is 1.96 bits per heavy atom. The summed E-state index contributed by atoms with van der Waals surface area (Å²) in [6, 6.07) is 11.4. The van der Waals surface area contributed by atoms with E-state index < -0.39 is 0 Å². The summed E-state index contributed by atoms with van der Waals surface area (Å²) in [6.45, 7) is 2.55. The molecule has 0 bridgehead atoms. The van der Waals surface area contributed by atoms with Gasteiger partial charge in [0.15, 0.2) is 11.5 Å². The summed E-state index contributed by atoms with van der Waals surface area (Å²) in [5, 5.41) is 11.1. The number of anilines is 1. The number of aromatic nitrogens is 2. The second-order valence-corrected chi connectivity index (χ2v) is 5.79. The van der Waals surface area contributed by atoms with Crippen LogP contribution in [0.2, 0.25) is 0 Å². The molecule has 3 rings (SSSR count). The highest BCUT2D eigenvalue weighted by atomic mass is 16.5. The quantitative estimate of drug-likeness (QED) is 0.880. The van der Waals surface area contributed by atoms with Crippen LogP contribution in [0.25, 0.3) is 0 Å². The van der Waals surface area contributed by atoms with Crippen LogP contribution in [0, 0.1) is 0 Å². The molecular formula is C18H22N4O2. The Balaban J connectivity index is 1.53. The molecule has 6 nitrogen and oxygen atoms in total. The first-order valence-corrected chi connectivity index (χ1v) is 8.26. The van der Waals surface area contributed by atoms with Crippen molar-refractivity contribution in [2.24, 2.45) is 0 Å². The van der Waals surface area contributed by atoms with Crippen LogP contribution in [-0.4, -0.2) is 42.8 Å². The lowest BCUT2D eigenvalue weighted by Gasteiger charge is -2.15. The van der Waals surface area contributed by atoms with Gasteiger partial charge >= 0.3 is 0 Å². The van der Waals surface area contributed by atoms with Gasteiger partial charge in [0.1, 0.15) is 5.75 Å². The maximum absolute atomic E-state index is 12.2. The molecule has 0 atom stereocenters. The number of nitrogens with zero attached hydrogens (tertiary/aromatic N) is 3. The third kappa shape index (κ3) is 3.82. The number of hydrogen-bond acceptors (Lipinski definition) is 5. The van der Waals surface area contributed by atoms with Gasteiger partial charge in [-0.1, -0.05) is 18.2 Å². The molecule has 0 aliphatic carbocycles. The molecule has 24 heavy (non-hydrogen) atoms. The molecule has 6 heteroatoms. The van der Waals surface area contributed by atoms with E-state index >= 15 is 0 Å². The minimum atomic E-state index is -0.203. The highest BCUT2D eigenvalue weighted by Crippen LogP contribution is 2.18. The Labute approximate surface area is 141 Å². The van der Waals surface area contributed by atoms with Gasteiger partial charge in [-0.2, -0.15) is 0 Å². The molecule has 2 aromatic rings. The summed E-state index contributed by atoms with van der Waals surface area (Å²) in [7, 11) is 1.65. The molecule has 1 aromatic heterocycles. The van der Waals surface area contributed by atoms with Crippen molar-refractivity contribution in [1.29, 1.82) is 0 Å². The predicted octanol–water partition coefficient (Wildman–Crippen LogP) is 2.06. The van der Waals surface area contributed by atoms with Crippen LogP contribution in [0.15, 0.2) is 36.4 Å². The zero-order valence-electron chi connectivity index (χ0n) is 13.9. The lowest BCUT2D eigenvalue weighted by Crippen LogP contribution is -2.27. The number of nitrogens with one attached hydrogen (secondary N) is 1. The van der Waals surface area contributed by atoms with E-state index in [1.165, 1.54) is 12.8 Å². The SMILES string of the molecule is COc1ccccc1CCNC(=O)c1ccc(N2CCCC2)nn1. The van der Waals surface area contributed by atoms with Crippen molar-refractivity contribution < 1.29 is 9.53 Å². The van der Waals surface area contributed by atoms with Crippen molar-refractivity contribution in [3.05, 3.63) is 47.7 Å². The fourth-order valence-corrected chi connectivity index (χ4v) is 2.87. The molecule has 1 amide bonds. The molecule has 1 saturated heterocycles. The molecular weight excluding hydrogens is 304 g/mol. The molecule has 1 aliphatic heterocycles. The first-order valence-electron chi connectivity index (χ1n) is 8.26. The summed E-state index contributed by atoms with van der Waals surface area (Å²) in [4.78, 5) is 14.4. The number of rotatable bonds is 6. The highest BCUT2D eigenvalue weighted by molar-refractivity contribution is 5.92. The number of para-hydroxylation sites is 1. The van der Waals surface area contributed by atoms with Crippen molar-refractivity contribution in [1.82, 2.24) is 15.5 Å². The largest absolute Gasteiger partial charge is 0.496 e. The van der Waals surface area contributed by atoms with E-state index in [0.29, 0.717) is 18.7 Å². The number of carbonyl (C=O) groups excluding carboxylic acids is 1. The van der Waals surface area contributed by atoms with E-state index in [1.807, 2.05) is 30.3 Å². The zero-order chi connectivity index (χ0) is 16.8. The normalized spacial score (nSPS) is 13.8. The lowest BCUT2D eigenvalue weighted by atomic mass is 10.1. The van der Waals surface area contributed by atoms with Crippen LogP contribution in [0.1, 0.15) is 28.9 Å². The van der Waals surface area contributed by atoms with E-state index in [4.69, 9.17) is 4.74 Å². The molecule has 1 aromatic carbocycles. The van der Waals surface area contributed by atoms with Crippen LogP contribution >= 0.6 is 0 Å². The van der Waals surface area contributed by atoms with Gasteiger partial charge < -0.3 is 15.0 Å². The van der Waals surface area contributed by atoms with Gasteiger partial charge in [0.05, 0.1) is 7.11 Å². The van der Waals surface area contributed by atoms with Gasteiger partial charge in [-0.05, 0) is 43.0 Å². The van der Waals surface area contributed by atoms with Crippen molar-refractivity contribution >= 4 is 11.7 Å². The topological polar surface area (TPSA) is 67.3 Å². The number of carbonyl (C=O) groups is 1. The number of benzene rings is 1. The molecule has 1 fully saturated rings. The Morgan fingerprint density at radius 1 is 1.17 bits per heavy atom. The van der Waals surface area contributed by atoms with E-state index in [1.54, 1.807) is 13.2 Å². The maximum atomic E-state index is 12.2. The predicted molar refractivity (Wildman–Crippen MR) is 92.5 cm³/mol. The van der Waals surface area contributed by atoms with Gasteiger partial charge in [0.25, 0.3) is 5.91 Å². The molecule has 0 unspecified atom stereocenters. The zero-order valence-corrected chi connectivity index (χ0v) is 13.9. The number of methoxy groups -OCH3 is 1. The van der Waals surface area contributed by atoms with Crippen molar-refractivity contribution in [2.45, 2.75) is 19.3 Å². The molecule has 1 N–H and O–H groups in total. The van der Waals surface area contributed by atoms with Crippen LogP contribution in [0.3, 0.4) is 0 Å². The monoisotopic (exact) mass is 326 g/mol. The van der Waals surface area contributed by atoms with Gasteiger partial charge in [-0.3, -0.25) is 4.79 Å². The summed E-state index contributed by atoms with van der Waals surface area (Å²) in [5.74, 6) is 1.48. The fraction of sp³-hybridized carbons (Fsp3) is 0.389. The summed E-state index contributed by atoms with van der Waals surface area (Å²) >= 11 is 0. The van der Waals surface area contributed by atoms with Crippen molar-refractivity contribution in [2.75, 3.05) is 31.6 Å². The van der Waals surface area contributed by atoms with Crippen LogP contribution in [-0.2, 0) is 6.42 Å². The highest BCUT2D eigenvalue weighted by Gasteiger charge is 2.15. The third-order valence-corrected chi connectivity index (χ3v) is 4.19. The molecule has 126 valence electrons. The molecule has 0 spiro atoms. The van der Waals surface area contributed by atoms with Crippen molar-refractivity contribution in [3.63, 3.8) is 0 Å². The average molecular weight is 326 g/mol. The minimum absolute atomic E-state index is 0.203. The smallest absolute Gasteiger partial charge is 0.271 e. The minimum Gasteiger partial charge on any atom is -0.496 e. The van der Waals surface area contributed by atoms with Gasteiger partial charge in [-0.15, -0.1) is 10.2 Å². The van der Waals surface area contributed by atoms with Crippen LogP contribution in [0.4, 0.5) is 5.82 Å². The Hall–Kier alpha value is -2.63. The Morgan fingerprint density at radius 3 is 2.67 bits per heavy atom. The first kappa shape index (κ1) is 16.2. The van der Waals surface area contributed by atoms with Crippen LogP contribution in [0.5, 0.6) is 5.75 Å². The fourth-order valence-electron chi connectivity index (χ4n) is 2.87. The average Bonchev–Trinajstić information content (AvgIpc) is 3.17. The summed E-state index contributed by atoms with van der Waals surface area (Å²) in [6.07, 6.45) is 3.08. The van der Waals surface area contributed by atoms with E-state index in [0.717, 1.165) is 30.2 Å². The van der Waals surface area contributed by atoms with Crippen LogP contribution < -0.4 is 15.0 Å². The van der Waals surface area contributed by atoms with Gasteiger partial charge in [0.2, 0.25) is 0 Å². The number of hydrogen-bond donors (Lipinski definition) is 1. The second kappa shape index (κ2) is 7.77. The van der Waals surface area contributed by atoms with E-state index in [9.17, 15) is 4.79 Å². The molecule has 1 aliphatic rings. The first-order chi connectivity index (χ1) is 11.8. The summed E-state index contributed by atoms with van der Waals surface area (Å²) < 4.78 is 5.31. The van der Waals surface area contributed by atoms with E-state index in [-0.39, 0.29) is 5.91 Å². The second-order valence-electron chi connectivity index (χ2n) is 5.79. The number of amides is 1. The Kier molecular flexibility index (Phi) is 5.25. The lowest BCUT2D eigenvalue weighted by molar-refractivity contribution is 0.0948. The third-order valence-electron chi connectivity index (χ3n) is 4.19. The molecule has 0 saturated carbocycles. The summed E-state index contributed by atoms with van der Waals surface area (Å²) in [5.41, 5.74) is 1.41. The van der Waals surface area contributed by atoms with E-state index in [2.05, 4.69) is 20.4 Å². The molecule has 2 heterocycles.